The van der Waals surface area contributed by atoms with Gasteiger partial charge in [-0.2, -0.15) is 11.8 Å². The molecule has 0 aromatic heterocycles. The number of hydrogen-bond acceptors (Lipinski definition) is 4. The van der Waals surface area contributed by atoms with Crippen LogP contribution in [0, 0.1) is 5.92 Å². The van der Waals surface area contributed by atoms with Crippen molar-refractivity contribution in [2.45, 2.75) is 19.3 Å². The molecule has 2 aromatic carbocycles. The molecule has 0 bridgehead atoms. The Morgan fingerprint density at radius 1 is 1.07 bits per heavy atom. The van der Waals surface area contributed by atoms with Gasteiger partial charge in [0.2, 0.25) is 5.91 Å². The monoisotopic (exact) mass is 383 g/mol. The smallest absolute Gasteiger partial charge is 0.223 e. The molecule has 1 aliphatic rings. The molecule has 3 rings (SSSR count). The number of carbonyl (C=O) groups excluding carboxylic acids is 2. The second-order valence-corrected chi connectivity index (χ2v) is 7.71. The average molecular weight is 384 g/mol. The normalized spacial score (nSPS) is 16.8. The Kier molecular flexibility index (Phi) is 6.93. The maximum atomic E-state index is 12.9. The van der Waals surface area contributed by atoms with Crippen molar-refractivity contribution >= 4 is 23.5 Å². The minimum absolute atomic E-state index is 0.113. The largest absolute Gasteiger partial charge is 0.457 e. The number of piperidine rings is 1. The summed E-state index contributed by atoms with van der Waals surface area (Å²) in [6.07, 6.45) is 4.28. The van der Waals surface area contributed by atoms with Gasteiger partial charge < -0.3 is 9.64 Å². The van der Waals surface area contributed by atoms with Crippen molar-refractivity contribution in [3.05, 3.63) is 60.2 Å². The van der Waals surface area contributed by atoms with E-state index in [4.69, 9.17) is 4.74 Å². The Hall–Kier alpha value is -2.27. The molecule has 0 N–H and O–H groups in total. The zero-order chi connectivity index (χ0) is 19.1. The number of thioether (sulfide) groups is 1. The highest BCUT2D eigenvalue weighted by Gasteiger charge is 2.28. The number of amides is 1. The van der Waals surface area contributed by atoms with E-state index in [1.54, 1.807) is 11.8 Å². The molecule has 142 valence electrons. The molecule has 0 unspecified atom stereocenters. The Balaban J connectivity index is 1.60. The molecule has 1 heterocycles. The fraction of sp³-hybridized carbons (Fsp3) is 0.364. The Morgan fingerprint density at radius 2 is 1.78 bits per heavy atom. The molecule has 1 saturated heterocycles. The number of benzene rings is 2. The molecule has 0 spiro atoms. The number of Topliss-reactive ketones (excluding diaryl/α,β-unsaturated/α-hetero) is 1. The number of rotatable bonds is 7. The number of para-hydroxylation sites is 1. The quantitative estimate of drug-likeness (QED) is 0.653. The molecule has 5 heteroatoms. The highest BCUT2D eigenvalue weighted by atomic mass is 32.2. The fourth-order valence-corrected chi connectivity index (χ4v) is 3.69. The summed E-state index contributed by atoms with van der Waals surface area (Å²) in [5, 5.41) is 0. The first-order valence-corrected chi connectivity index (χ1v) is 10.7. The van der Waals surface area contributed by atoms with Gasteiger partial charge in [-0.1, -0.05) is 18.2 Å². The van der Waals surface area contributed by atoms with Crippen LogP contribution in [0.5, 0.6) is 11.5 Å². The number of ketones is 1. The Morgan fingerprint density at radius 3 is 2.48 bits per heavy atom. The van der Waals surface area contributed by atoms with E-state index < -0.39 is 0 Å². The molecular weight excluding hydrogens is 358 g/mol. The standard InChI is InChI=1S/C22H25NO3S/c1-27-15-13-21(24)23-14-5-6-18(16-23)22(25)17-9-11-20(12-10-17)26-19-7-3-2-4-8-19/h2-4,7-12,18H,5-6,13-16H2,1H3/t18-/m1/s1. The van der Waals surface area contributed by atoms with Gasteiger partial charge in [0, 0.05) is 36.7 Å². The maximum absolute atomic E-state index is 12.9. The van der Waals surface area contributed by atoms with Crippen molar-refractivity contribution in [2.75, 3.05) is 25.1 Å². The molecule has 1 atom stereocenters. The number of ether oxygens (including phenoxy) is 1. The molecule has 27 heavy (non-hydrogen) atoms. The molecule has 0 aliphatic carbocycles. The Labute approximate surface area is 164 Å². The van der Waals surface area contributed by atoms with E-state index in [1.165, 1.54) is 0 Å². The van der Waals surface area contributed by atoms with Gasteiger partial charge in [0.05, 0.1) is 0 Å². The SMILES string of the molecule is CSCCC(=O)N1CCC[C@@H](C(=O)c2ccc(Oc3ccccc3)cc2)C1. The molecule has 2 aromatic rings. The highest BCUT2D eigenvalue weighted by Crippen LogP contribution is 2.25. The van der Waals surface area contributed by atoms with Crippen LogP contribution >= 0.6 is 11.8 Å². The third-order valence-electron chi connectivity index (χ3n) is 4.78. The van der Waals surface area contributed by atoms with Gasteiger partial charge in [-0.3, -0.25) is 9.59 Å². The van der Waals surface area contributed by atoms with Gasteiger partial charge >= 0.3 is 0 Å². The maximum Gasteiger partial charge on any atom is 0.223 e. The van der Waals surface area contributed by atoms with Crippen LogP contribution in [-0.4, -0.2) is 41.7 Å². The van der Waals surface area contributed by atoms with Crippen LogP contribution in [0.15, 0.2) is 54.6 Å². The van der Waals surface area contributed by atoms with E-state index in [9.17, 15) is 9.59 Å². The number of hydrogen-bond donors (Lipinski definition) is 0. The molecule has 4 nitrogen and oxygen atoms in total. The molecular formula is C22H25NO3S. The summed E-state index contributed by atoms with van der Waals surface area (Å²) < 4.78 is 5.78. The van der Waals surface area contributed by atoms with Crippen molar-refractivity contribution in [3.8, 4) is 11.5 Å². The second-order valence-electron chi connectivity index (χ2n) is 6.73. The number of carbonyl (C=O) groups is 2. The summed E-state index contributed by atoms with van der Waals surface area (Å²) in [7, 11) is 0. The lowest BCUT2D eigenvalue weighted by Crippen LogP contribution is -2.42. The van der Waals surface area contributed by atoms with Crippen molar-refractivity contribution < 1.29 is 14.3 Å². The van der Waals surface area contributed by atoms with Gasteiger partial charge in [0.25, 0.3) is 0 Å². The predicted octanol–water partition coefficient (Wildman–Crippen LogP) is 4.65. The van der Waals surface area contributed by atoms with Crippen LogP contribution < -0.4 is 4.74 Å². The minimum Gasteiger partial charge on any atom is -0.457 e. The third-order valence-corrected chi connectivity index (χ3v) is 5.40. The summed E-state index contributed by atoms with van der Waals surface area (Å²) in [5.41, 5.74) is 0.679. The van der Waals surface area contributed by atoms with E-state index in [0.29, 0.717) is 24.3 Å². The van der Waals surface area contributed by atoms with Crippen molar-refractivity contribution in [1.82, 2.24) is 4.90 Å². The van der Waals surface area contributed by atoms with Crippen LogP contribution in [0.25, 0.3) is 0 Å². The lowest BCUT2D eigenvalue weighted by Gasteiger charge is -2.32. The van der Waals surface area contributed by atoms with Crippen LogP contribution in [-0.2, 0) is 4.79 Å². The van der Waals surface area contributed by atoms with Gasteiger partial charge in [0.15, 0.2) is 5.78 Å². The number of likely N-dealkylation sites (tertiary alicyclic amines) is 1. The van der Waals surface area contributed by atoms with Crippen LogP contribution in [0.2, 0.25) is 0 Å². The first-order chi connectivity index (χ1) is 13.2. The van der Waals surface area contributed by atoms with Gasteiger partial charge in [-0.25, -0.2) is 0 Å². The molecule has 1 aliphatic heterocycles. The highest BCUT2D eigenvalue weighted by molar-refractivity contribution is 7.98. The van der Waals surface area contributed by atoms with E-state index >= 15 is 0 Å². The van der Waals surface area contributed by atoms with Crippen molar-refractivity contribution in [2.24, 2.45) is 5.92 Å². The summed E-state index contributed by atoms with van der Waals surface area (Å²) in [6.45, 7) is 1.30. The van der Waals surface area contributed by atoms with Crippen molar-refractivity contribution in [1.29, 1.82) is 0 Å². The zero-order valence-electron chi connectivity index (χ0n) is 15.6. The average Bonchev–Trinajstić information content (AvgIpc) is 2.73. The summed E-state index contributed by atoms with van der Waals surface area (Å²) in [4.78, 5) is 27.0. The van der Waals surface area contributed by atoms with E-state index in [1.807, 2.05) is 65.8 Å². The van der Waals surface area contributed by atoms with Crippen molar-refractivity contribution in [3.63, 3.8) is 0 Å². The molecule has 0 saturated carbocycles. The molecule has 0 radical (unpaired) electrons. The van der Waals surface area contributed by atoms with Gasteiger partial charge in [0.1, 0.15) is 11.5 Å². The first kappa shape index (κ1) is 19.5. The first-order valence-electron chi connectivity index (χ1n) is 9.31. The number of nitrogens with zero attached hydrogens (tertiary/aromatic N) is 1. The van der Waals surface area contributed by atoms with Crippen LogP contribution in [0.4, 0.5) is 0 Å². The lowest BCUT2D eigenvalue weighted by atomic mass is 9.90. The zero-order valence-corrected chi connectivity index (χ0v) is 16.4. The summed E-state index contributed by atoms with van der Waals surface area (Å²) in [5.74, 6) is 2.46. The molecule has 1 amide bonds. The van der Waals surface area contributed by atoms with Crippen LogP contribution in [0.3, 0.4) is 0 Å². The van der Waals surface area contributed by atoms with E-state index in [2.05, 4.69) is 0 Å². The minimum atomic E-state index is -0.113. The molecule has 1 fully saturated rings. The lowest BCUT2D eigenvalue weighted by molar-refractivity contribution is -0.132. The third kappa shape index (κ3) is 5.36. The summed E-state index contributed by atoms with van der Waals surface area (Å²) in [6, 6.07) is 16.8. The van der Waals surface area contributed by atoms with Gasteiger partial charge in [-0.15, -0.1) is 0 Å². The van der Waals surface area contributed by atoms with E-state index in [0.717, 1.165) is 30.9 Å². The Bertz CT molecular complexity index is 761. The topological polar surface area (TPSA) is 46.6 Å². The van der Waals surface area contributed by atoms with E-state index in [-0.39, 0.29) is 17.6 Å². The van der Waals surface area contributed by atoms with Gasteiger partial charge in [-0.05, 0) is 55.5 Å². The van der Waals surface area contributed by atoms with Crippen LogP contribution in [0.1, 0.15) is 29.6 Å². The predicted molar refractivity (Wildman–Crippen MR) is 110 cm³/mol. The second kappa shape index (κ2) is 9.60. The fourth-order valence-electron chi connectivity index (χ4n) is 3.31. The summed E-state index contributed by atoms with van der Waals surface area (Å²) >= 11 is 1.67.